The second-order valence-corrected chi connectivity index (χ2v) is 7.00. The Morgan fingerprint density at radius 3 is 2.62 bits per heavy atom. The topological polar surface area (TPSA) is 63.7 Å². The van der Waals surface area contributed by atoms with Crippen molar-refractivity contribution < 1.29 is 17.9 Å². The van der Waals surface area contributed by atoms with Gasteiger partial charge in [-0.1, -0.05) is 36.8 Å². The summed E-state index contributed by atoms with van der Waals surface area (Å²) in [5, 5.41) is 0. The number of hydrogen-bond donors (Lipinski definition) is 0. The van der Waals surface area contributed by atoms with Crippen molar-refractivity contribution in [1.82, 2.24) is 4.31 Å². The van der Waals surface area contributed by atoms with Crippen molar-refractivity contribution in [2.45, 2.75) is 33.2 Å². The van der Waals surface area contributed by atoms with E-state index in [2.05, 4.69) is 4.74 Å². The fourth-order valence-electron chi connectivity index (χ4n) is 2.05. The third kappa shape index (κ3) is 5.85. The summed E-state index contributed by atoms with van der Waals surface area (Å²) in [6.07, 6.45) is 0.400. The number of sulfonamides is 1. The van der Waals surface area contributed by atoms with E-state index in [1.165, 1.54) is 11.4 Å². The largest absolute Gasteiger partial charge is 0.469 e. The van der Waals surface area contributed by atoms with Crippen LogP contribution in [-0.2, 0) is 26.1 Å². The summed E-state index contributed by atoms with van der Waals surface area (Å²) in [7, 11) is -2.06. The second-order valence-electron chi connectivity index (χ2n) is 4.91. The van der Waals surface area contributed by atoms with Crippen molar-refractivity contribution in [2.24, 2.45) is 0 Å². The van der Waals surface area contributed by atoms with Crippen LogP contribution in [0.5, 0.6) is 0 Å². The average Bonchev–Trinajstić information content (AvgIpc) is 2.44. The molecule has 1 aromatic rings. The quantitative estimate of drug-likeness (QED) is 0.690. The molecular weight excluding hydrogens is 290 g/mol. The number of esters is 1. The minimum atomic E-state index is -3.36. The molecular formula is C15H23NO4S. The predicted octanol–water partition coefficient (Wildman–Crippen LogP) is 2.10. The van der Waals surface area contributed by atoms with Crippen molar-refractivity contribution >= 4 is 16.0 Å². The molecule has 0 aliphatic rings. The Balaban J connectivity index is 2.67. The van der Waals surface area contributed by atoms with E-state index in [1.807, 2.05) is 38.1 Å². The molecule has 0 bridgehead atoms. The van der Waals surface area contributed by atoms with Crippen LogP contribution < -0.4 is 0 Å². The Morgan fingerprint density at radius 2 is 2.05 bits per heavy atom. The summed E-state index contributed by atoms with van der Waals surface area (Å²) in [6.45, 7) is 4.56. The number of ether oxygens (including phenoxy) is 1. The van der Waals surface area contributed by atoms with Crippen LogP contribution in [0, 0.1) is 6.92 Å². The predicted molar refractivity (Wildman–Crippen MR) is 82.3 cm³/mol. The summed E-state index contributed by atoms with van der Waals surface area (Å²) < 4.78 is 30.5. The van der Waals surface area contributed by atoms with Gasteiger partial charge in [-0.05, 0) is 18.9 Å². The van der Waals surface area contributed by atoms with E-state index in [9.17, 15) is 13.2 Å². The van der Waals surface area contributed by atoms with Gasteiger partial charge in [0.2, 0.25) is 10.0 Å². The average molecular weight is 313 g/mol. The van der Waals surface area contributed by atoms with E-state index in [1.54, 1.807) is 0 Å². The zero-order valence-electron chi connectivity index (χ0n) is 12.8. The van der Waals surface area contributed by atoms with E-state index in [0.29, 0.717) is 13.1 Å². The van der Waals surface area contributed by atoms with Gasteiger partial charge < -0.3 is 4.74 Å². The SMILES string of the molecule is CCN(Cc1cccc(C)c1)S(=O)(=O)CCCC(=O)OC. The van der Waals surface area contributed by atoms with Gasteiger partial charge in [0.25, 0.3) is 0 Å². The Hall–Kier alpha value is -1.40. The van der Waals surface area contributed by atoms with Crippen molar-refractivity contribution in [1.29, 1.82) is 0 Å². The molecule has 0 aliphatic heterocycles. The first-order valence-corrected chi connectivity index (χ1v) is 8.60. The first kappa shape index (κ1) is 17.7. The van der Waals surface area contributed by atoms with Crippen LogP contribution in [0.3, 0.4) is 0 Å². The Morgan fingerprint density at radius 1 is 1.33 bits per heavy atom. The van der Waals surface area contributed by atoms with E-state index in [-0.39, 0.29) is 24.6 Å². The van der Waals surface area contributed by atoms with Gasteiger partial charge in [-0.3, -0.25) is 4.79 Å². The lowest BCUT2D eigenvalue weighted by Gasteiger charge is -2.20. The van der Waals surface area contributed by atoms with Gasteiger partial charge in [-0.25, -0.2) is 8.42 Å². The highest BCUT2D eigenvalue weighted by Gasteiger charge is 2.20. The standard InChI is InChI=1S/C15H23NO4S/c1-4-16(12-14-8-5-7-13(2)11-14)21(18,19)10-6-9-15(17)20-3/h5,7-8,11H,4,6,9-10,12H2,1-3H3. The summed E-state index contributed by atoms with van der Waals surface area (Å²) >= 11 is 0. The molecule has 0 aliphatic carbocycles. The van der Waals surface area contributed by atoms with Gasteiger partial charge in [-0.2, -0.15) is 4.31 Å². The van der Waals surface area contributed by atoms with Gasteiger partial charge in [0.05, 0.1) is 12.9 Å². The smallest absolute Gasteiger partial charge is 0.305 e. The monoisotopic (exact) mass is 313 g/mol. The molecule has 0 spiro atoms. The first-order chi connectivity index (χ1) is 9.89. The van der Waals surface area contributed by atoms with Gasteiger partial charge in [0, 0.05) is 19.5 Å². The third-order valence-electron chi connectivity index (χ3n) is 3.20. The minimum absolute atomic E-state index is 0.0399. The molecule has 0 saturated heterocycles. The van der Waals surface area contributed by atoms with Crippen molar-refractivity contribution in [2.75, 3.05) is 19.4 Å². The van der Waals surface area contributed by atoms with Crippen molar-refractivity contribution in [3.05, 3.63) is 35.4 Å². The number of benzene rings is 1. The molecule has 0 unspecified atom stereocenters. The number of nitrogens with zero attached hydrogens (tertiary/aromatic N) is 1. The maximum atomic E-state index is 12.3. The fourth-order valence-corrected chi connectivity index (χ4v) is 3.56. The summed E-state index contributed by atoms with van der Waals surface area (Å²) in [5.74, 6) is -0.422. The number of methoxy groups -OCH3 is 1. The molecule has 1 rings (SSSR count). The third-order valence-corrected chi connectivity index (χ3v) is 5.18. The van der Waals surface area contributed by atoms with Crippen molar-refractivity contribution in [3.63, 3.8) is 0 Å². The van der Waals surface area contributed by atoms with Crippen LogP contribution in [-0.4, -0.2) is 38.1 Å². The first-order valence-electron chi connectivity index (χ1n) is 6.99. The lowest BCUT2D eigenvalue weighted by Crippen LogP contribution is -2.32. The summed E-state index contributed by atoms with van der Waals surface area (Å²) in [5.41, 5.74) is 2.07. The molecule has 0 amide bonds. The Bertz CT molecular complexity index is 569. The molecule has 21 heavy (non-hydrogen) atoms. The highest BCUT2D eigenvalue weighted by molar-refractivity contribution is 7.89. The fraction of sp³-hybridized carbons (Fsp3) is 0.533. The Kier molecular flexibility index (Phi) is 6.84. The lowest BCUT2D eigenvalue weighted by molar-refractivity contribution is -0.140. The zero-order chi connectivity index (χ0) is 15.9. The molecule has 5 nitrogen and oxygen atoms in total. The highest BCUT2D eigenvalue weighted by Crippen LogP contribution is 2.12. The van der Waals surface area contributed by atoms with Gasteiger partial charge >= 0.3 is 5.97 Å². The summed E-state index contributed by atoms with van der Waals surface area (Å²) in [4.78, 5) is 11.0. The molecule has 0 fully saturated rings. The highest BCUT2D eigenvalue weighted by atomic mass is 32.2. The molecule has 0 atom stereocenters. The van der Waals surface area contributed by atoms with Crippen molar-refractivity contribution in [3.8, 4) is 0 Å². The van der Waals surface area contributed by atoms with Crippen LogP contribution in [0.15, 0.2) is 24.3 Å². The number of rotatable bonds is 8. The van der Waals surface area contributed by atoms with E-state index < -0.39 is 10.0 Å². The maximum Gasteiger partial charge on any atom is 0.305 e. The number of hydrogen-bond acceptors (Lipinski definition) is 4. The van der Waals surface area contributed by atoms with E-state index in [4.69, 9.17) is 0 Å². The normalized spacial score (nSPS) is 11.6. The molecule has 0 aromatic heterocycles. The van der Waals surface area contributed by atoms with E-state index >= 15 is 0 Å². The zero-order valence-corrected chi connectivity index (χ0v) is 13.6. The molecule has 0 N–H and O–H groups in total. The lowest BCUT2D eigenvalue weighted by atomic mass is 10.1. The number of carbonyl (C=O) groups excluding carboxylic acids is 1. The molecule has 118 valence electrons. The molecule has 0 radical (unpaired) electrons. The van der Waals surface area contributed by atoms with Gasteiger partial charge in [0.1, 0.15) is 0 Å². The van der Waals surface area contributed by atoms with Gasteiger partial charge in [-0.15, -0.1) is 0 Å². The number of aryl methyl sites for hydroxylation is 1. The molecule has 0 saturated carbocycles. The van der Waals surface area contributed by atoms with Crippen LogP contribution in [0.4, 0.5) is 0 Å². The molecule has 1 aromatic carbocycles. The molecule has 6 heteroatoms. The van der Waals surface area contributed by atoms with Crippen LogP contribution in [0.2, 0.25) is 0 Å². The molecule has 0 heterocycles. The van der Waals surface area contributed by atoms with Crippen LogP contribution >= 0.6 is 0 Å². The minimum Gasteiger partial charge on any atom is -0.469 e. The Labute approximate surface area is 127 Å². The number of carbonyl (C=O) groups is 1. The van der Waals surface area contributed by atoms with Crippen LogP contribution in [0.25, 0.3) is 0 Å². The maximum absolute atomic E-state index is 12.3. The summed E-state index contributed by atoms with van der Waals surface area (Å²) in [6, 6.07) is 7.79. The van der Waals surface area contributed by atoms with Crippen LogP contribution in [0.1, 0.15) is 30.9 Å². The van der Waals surface area contributed by atoms with E-state index in [0.717, 1.165) is 11.1 Å². The second kappa shape index (κ2) is 8.14. The van der Waals surface area contributed by atoms with Gasteiger partial charge in [0.15, 0.2) is 0 Å².